The maximum absolute atomic E-state index is 6.39. The summed E-state index contributed by atoms with van der Waals surface area (Å²) < 4.78 is 1.51. The standard InChI is InChI=1S/C17H21Cl2NS/c1-4-11-7-8-12(5-2)13(9-11)16(20-6-3)14-10-15(18)21-17(14)19/h7-10,16,20H,4-6H2,1-3H3. The van der Waals surface area contributed by atoms with E-state index >= 15 is 0 Å². The van der Waals surface area contributed by atoms with Crippen LogP contribution >= 0.6 is 34.5 Å². The topological polar surface area (TPSA) is 12.0 Å². The van der Waals surface area contributed by atoms with Crippen LogP contribution in [0.3, 0.4) is 0 Å². The number of halogens is 2. The summed E-state index contributed by atoms with van der Waals surface area (Å²) in [6.07, 6.45) is 2.05. The highest BCUT2D eigenvalue weighted by atomic mass is 35.5. The van der Waals surface area contributed by atoms with Gasteiger partial charge in [-0.15, -0.1) is 11.3 Å². The fourth-order valence-electron chi connectivity index (χ4n) is 2.60. The minimum absolute atomic E-state index is 0.104. The van der Waals surface area contributed by atoms with Crippen molar-refractivity contribution in [2.45, 2.75) is 39.7 Å². The van der Waals surface area contributed by atoms with Crippen LogP contribution in [0.15, 0.2) is 24.3 Å². The van der Waals surface area contributed by atoms with Crippen molar-refractivity contribution in [3.63, 3.8) is 0 Å². The third kappa shape index (κ3) is 3.81. The summed E-state index contributed by atoms with van der Waals surface area (Å²) in [5.74, 6) is 0. The molecule has 1 heterocycles. The molecule has 21 heavy (non-hydrogen) atoms. The second kappa shape index (κ2) is 7.64. The summed E-state index contributed by atoms with van der Waals surface area (Å²) in [7, 11) is 0. The molecule has 0 amide bonds. The van der Waals surface area contributed by atoms with Crippen LogP contribution in [-0.2, 0) is 12.8 Å². The van der Waals surface area contributed by atoms with Gasteiger partial charge in [-0.2, -0.15) is 0 Å². The van der Waals surface area contributed by atoms with E-state index in [9.17, 15) is 0 Å². The molecule has 1 unspecified atom stereocenters. The van der Waals surface area contributed by atoms with Gasteiger partial charge in [-0.25, -0.2) is 0 Å². The summed E-state index contributed by atoms with van der Waals surface area (Å²) in [5.41, 5.74) is 5.10. The van der Waals surface area contributed by atoms with Gasteiger partial charge in [0.2, 0.25) is 0 Å². The highest BCUT2D eigenvalue weighted by Gasteiger charge is 2.21. The molecule has 0 fully saturated rings. The normalized spacial score (nSPS) is 12.6. The van der Waals surface area contributed by atoms with Crippen LogP contribution in [0.25, 0.3) is 0 Å². The molecule has 1 atom stereocenters. The van der Waals surface area contributed by atoms with Gasteiger partial charge in [-0.1, -0.05) is 62.2 Å². The molecule has 0 saturated heterocycles. The predicted octanol–water partition coefficient (Wildman–Crippen LogP) is 5.88. The Kier molecular flexibility index (Phi) is 6.12. The Morgan fingerprint density at radius 3 is 2.33 bits per heavy atom. The van der Waals surface area contributed by atoms with Crippen LogP contribution in [0, 0.1) is 0 Å². The van der Waals surface area contributed by atoms with Gasteiger partial charge in [0.1, 0.15) is 0 Å². The lowest BCUT2D eigenvalue weighted by Crippen LogP contribution is -2.23. The lowest BCUT2D eigenvalue weighted by atomic mass is 9.92. The Labute approximate surface area is 141 Å². The minimum atomic E-state index is 0.104. The molecule has 0 bridgehead atoms. The van der Waals surface area contributed by atoms with Gasteiger partial charge in [0.05, 0.1) is 14.7 Å². The first-order valence-electron chi connectivity index (χ1n) is 7.40. The van der Waals surface area contributed by atoms with Crippen LogP contribution < -0.4 is 5.32 Å². The number of rotatable bonds is 6. The van der Waals surface area contributed by atoms with E-state index in [0.29, 0.717) is 0 Å². The summed E-state index contributed by atoms with van der Waals surface area (Å²) in [6.45, 7) is 7.37. The Morgan fingerprint density at radius 2 is 1.81 bits per heavy atom. The van der Waals surface area contributed by atoms with Gasteiger partial charge in [0, 0.05) is 5.56 Å². The summed E-state index contributed by atoms with van der Waals surface area (Å²) in [5, 5.41) is 3.56. The van der Waals surface area contributed by atoms with E-state index in [2.05, 4.69) is 44.3 Å². The Morgan fingerprint density at radius 1 is 1.05 bits per heavy atom. The fourth-order valence-corrected chi connectivity index (χ4v) is 4.13. The molecule has 1 nitrogen and oxygen atoms in total. The number of thiophene rings is 1. The van der Waals surface area contributed by atoms with Crippen LogP contribution in [0.5, 0.6) is 0 Å². The molecule has 114 valence electrons. The predicted molar refractivity (Wildman–Crippen MR) is 95.1 cm³/mol. The molecule has 2 aromatic rings. The monoisotopic (exact) mass is 341 g/mol. The van der Waals surface area contributed by atoms with Gasteiger partial charge in [0.15, 0.2) is 0 Å². The van der Waals surface area contributed by atoms with Crippen molar-refractivity contribution in [1.82, 2.24) is 5.32 Å². The van der Waals surface area contributed by atoms with E-state index in [1.807, 2.05) is 6.07 Å². The zero-order valence-electron chi connectivity index (χ0n) is 12.7. The molecule has 1 N–H and O–H groups in total. The molecule has 0 spiro atoms. The molecule has 1 aromatic carbocycles. The second-order valence-electron chi connectivity index (χ2n) is 5.01. The van der Waals surface area contributed by atoms with Crippen molar-refractivity contribution in [2.24, 2.45) is 0 Å². The van der Waals surface area contributed by atoms with Crippen molar-refractivity contribution in [1.29, 1.82) is 0 Å². The van der Waals surface area contributed by atoms with E-state index < -0.39 is 0 Å². The Bertz CT molecular complexity index is 607. The van der Waals surface area contributed by atoms with Crippen molar-refractivity contribution in [3.8, 4) is 0 Å². The molecular formula is C17H21Cl2NS. The zero-order valence-corrected chi connectivity index (χ0v) is 15.0. The van der Waals surface area contributed by atoms with E-state index in [1.165, 1.54) is 28.0 Å². The first-order valence-corrected chi connectivity index (χ1v) is 8.97. The number of hydrogen-bond acceptors (Lipinski definition) is 2. The maximum Gasteiger partial charge on any atom is 0.0995 e. The maximum atomic E-state index is 6.39. The van der Waals surface area contributed by atoms with Crippen LogP contribution in [0.1, 0.15) is 49.1 Å². The van der Waals surface area contributed by atoms with Crippen LogP contribution in [-0.4, -0.2) is 6.54 Å². The number of benzene rings is 1. The van der Waals surface area contributed by atoms with Crippen LogP contribution in [0.2, 0.25) is 8.67 Å². The first-order chi connectivity index (χ1) is 10.1. The van der Waals surface area contributed by atoms with Gasteiger partial charge in [0.25, 0.3) is 0 Å². The first kappa shape index (κ1) is 16.8. The number of aryl methyl sites for hydroxylation is 2. The third-order valence-corrected chi connectivity index (χ3v) is 5.23. The zero-order chi connectivity index (χ0) is 15.4. The molecule has 0 aliphatic rings. The van der Waals surface area contributed by atoms with E-state index in [1.54, 1.807) is 0 Å². The van der Waals surface area contributed by atoms with Crippen LogP contribution in [0.4, 0.5) is 0 Å². The molecule has 0 aliphatic carbocycles. The quantitative estimate of drug-likeness (QED) is 0.691. The average Bonchev–Trinajstić information content (AvgIpc) is 2.82. The summed E-state index contributed by atoms with van der Waals surface area (Å²) >= 11 is 14.0. The van der Waals surface area contributed by atoms with Crippen molar-refractivity contribution in [3.05, 3.63) is 55.2 Å². The second-order valence-corrected chi connectivity index (χ2v) is 7.30. The average molecular weight is 342 g/mol. The van der Waals surface area contributed by atoms with E-state index in [-0.39, 0.29) is 6.04 Å². The fraction of sp³-hybridized carbons (Fsp3) is 0.412. The van der Waals surface area contributed by atoms with Gasteiger partial charge in [-0.3, -0.25) is 0 Å². The van der Waals surface area contributed by atoms with Gasteiger partial charge in [-0.05, 0) is 42.1 Å². The summed E-state index contributed by atoms with van der Waals surface area (Å²) in [4.78, 5) is 0. The Hall–Kier alpha value is -0.540. The molecular weight excluding hydrogens is 321 g/mol. The van der Waals surface area contributed by atoms with Crippen molar-refractivity contribution in [2.75, 3.05) is 6.54 Å². The van der Waals surface area contributed by atoms with Crippen molar-refractivity contribution < 1.29 is 0 Å². The molecule has 0 aliphatic heterocycles. The smallest absolute Gasteiger partial charge is 0.0995 e. The lowest BCUT2D eigenvalue weighted by Gasteiger charge is -2.22. The molecule has 4 heteroatoms. The number of nitrogens with one attached hydrogen (secondary N) is 1. The number of hydrogen-bond donors (Lipinski definition) is 1. The highest BCUT2D eigenvalue weighted by molar-refractivity contribution is 7.20. The Balaban J connectivity index is 2.54. The minimum Gasteiger partial charge on any atom is -0.306 e. The summed E-state index contributed by atoms with van der Waals surface area (Å²) in [6, 6.07) is 8.84. The van der Waals surface area contributed by atoms with Gasteiger partial charge >= 0.3 is 0 Å². The molecule has 0 radical (unpaired) electrons. The van der Waals surface area contributed by atoms with Gasteiger partial charge < -0.3 is 5.32 Å². The lowest BCUT2D eigenvalue weighted by molar-refractivity contribution is 0.626. The van der Waals surface area contributed by atoms with E-state index in [4.69, 9.17) is 23.2 Å². The SMILES string of the molecule is CCNC(c1cc(CC)ccc1CC)c1cc(Cl)sc1Cl. The molecule has 0 saturated carbocycles. The molecule has 2 rings (SSSR count). The third-order valence-electron chi connectivity index (χ3n) is 3.71. The van der Waals surface area contributed by atoms with Crippen molar-refractivity contribution >= 4 is 34.5 Å². The largest absolute Gasteiger partial charge is 0.306 e. The highest BCUT2D eigenvalue weighted by Crippen LogP contribution is 2.38. The molecule has 1 aromatic heterocycles. The van der Waals surface area contributed by atoms with E-state index in [0.717, 1.165) is 33.6 Å².